The van der Waals surface area contributed by atoms with Crippen molar-refractivity contribution >= 4 is 35.8 Å². The largest absolute Gasteiger partial charge is 0.352 e. The number of pyridine rings is 1. The van der Waals surface area contributed by atoms with Gasteiger partial charge in [0.1, 0.15) is 12.1 Å². The molecule has 0 radical (unpaired) electrons. The molecule has 4 unspecified atom stereocenters. The average Bonchev–Trinajstić information content (AvgIpc) is 4.09. The lowest BCUT2D eigenvalue weighted by molar-refractivity contribution is -0.126. The van der Waals surface area contributed by atoms with Gasteiger partial charge in [0.15, 0.2) is 6.04 Å². The van der Waals surface area contributed by atoms with Gasteiger partial charge in [-0.15, -0.1) is 0 Å². The maximum atomic E-state index is 12.8. The molecule has 8 rings (SSSR count). The molecule has 3 aliphatic heterocycles. The molecule has 3 saturated heterocycles. The van der Waals surface area contributed by atoms with Gasteiger partial charge >= 0.3 is 18.1 Å². The second kappa shape index (κ2) is 27.7. The fraction of sp³-hybridized carbons (Fsp3) is 0.386. The summed E-state index contributed by atoms with van der Waals surface area (Å²) >= 11 is 0. The van der Waals surface area contributed by atoms with E-state index >= 15 is 0 Å². The summed E-state index contributed by atoms with van der Waals surface area (Å²) in [6, 6.07) is 43.1. The van der Waals surface area contributed by atoms with Crippen LogP contribution in [-0.2, 0) is 40.4 Å². The summed E-state index contributed by atoms with van der Waals surface area (Å²) in [5, 5.41) is 11.8. The second-order valence-electron chi connectivity index (χ2n) is 18.6. The van der Waals surface area contributed by atoms with E-state index in [9.17, 15) is 28.8 Å². The number of benzene rings is 4. The fourth-order valence-corrected chi connectivity index (χ4v) is 8.97. The lowest BCUT2D eigenvalue weighted by Gasteiger charge is -2.27. The third-order valence-corrected chi connectivity index (χ3v) is 12.8. The predicted molar refractivity (Wildman–Crippen MR) is 282 cm³/mol. The van der Waals surface area contributed by atoms with Crippen molar-refractivity contribution in [2.24, 2.45) is 0 Å². The van der Waals surface area contributed by atoms with Crippen LogP contribution < -0.4 is 21.3 Å². The summed E-state index contributed by atoms with van der Waals surface area (Å²) in [6.45, 7) is 14.7. The van der Waals surface area contributed by atoms with Crippen LogP contribution in [0.4, 0.5) is 14.4 Å². The van der Waals surface area contributed by atoms with Crippen molar-refractivity contribution in [3.05, 3.63) is 174 Å². The monoisotopic (exact) mass is 993 g/mol. The molecule has 0 aliphatic carbocycles. The number of urea groups is 3. The molecule has 386 valence electrons. The van der Waals surface area contributed by atoms with E-state index in [1.807, 2.05) is 143 Å². The number of rotatable bonds is 19. The van der Waals surface area contributed by atoms with E-state index < -0.39 is 18.1 Å². The van der Waals surface area contributed by atoms with Crippen molar-refractivity contribution in [2.45, 2.75) is 104 Å². The fourth-order valence-electron chi connectivity index (χ4n) is 8.97. The lowest BCUT2D eigenvalue weighted by Crippen LogP contribution is -2.48. The minimum absolute atomic E-state index is 0.0173. The minimum Gasteiger partial charge on any atom is -0.352 e. The number of hydrogen-bond donors (Lipinski definition) is 4. The molecule has 4 heterocycles. The summed E-state index contributed by atoms with van der Waals surface area (Å²) in [6.07, 6.45) is 3.92. The molecule has 16 nitrogen and oxygen atoms in total. The second-order valence-corrected chi connectivity index (χ2v) is 18.6. The Kier molecular flexibility index (Phi) is 20.7. The van der Waals surface area contributed by atoms with Crippen LogP contribution in [0.25, 0.3) is 0 Å². The number of hydrogen-bond acceptors (Lipinski definition) is 7. The van der Waals surface area contributed by atoms with E-state index in [2.05, 4.69) is 38.4 Å². The van der Waals surface area contributed by atoms with Gasteiger partial charge in [0.2, 0.25) is 17.7 Å². The van der Waals surface area contributed by atoms with Gasteiger partial charge in [0.05, 0.1) is 11.7 Å². The summed E-state index contributed by atoms with van der Waals surface area (Å²) in [5.74, 6) is -0.398. The van der Waals surface area contributed by atoms with Crippen molar-refractivity contribution in [2.75, 3.05) is 39.3 Å². The molecule has 0 bridgehead atoms. The highest BCUT2D eigenvalue weighted by Crippen LogP contribution is 2.25. The maximum Gasteiger partial charge on any atom is 0.321 e. The van der Waals surface area contributed by atoms with Crippen LogP contribution in [0.2, 0.25) is 0 Å². The van der Waals surface area contributed by atoms with Crippen LogP contribution in [0.15, 0.2) is 146 Å². The van der Waals surface area contributed by atoms with Crippen LogP contribution in [0.5, 0.6) is 0 Å². The molecule has 0 saturated carbocycles. The molecule has 16 heteroatoms. The van der Waals surface area contributed by atoms with E-state index in [1.54, 1.807) is 49.8 Å². The van der Waals surface area contributed by atoms with Crippen LogP contribution >= 0.6 is 0 Å². The Morgan fingerprint density at radius 1 is 0.603 bits per heavy atom. The first-order chi connectivity index (χ1) is 35.4. The molecule has 4 atom stereocenters. The topological polar surface area (TPSA) is 180 Å². The molecule has 5 aromatic rings. The SMILES string of the molecule is CC(C(=O)NCc1ccccc1)N1CCN(Cc2ccccc2)C1=O.CCCC(C(=O)NCc1ccccc1)N1CC(Cc2ccccc2)NC1=O.CCN1CCN(C(C(=O)NC(C)C)c2ccccn2)C1=O. The Bertz CT molecular complexity index is 2520. The Morgan fingerprint density at radius 3 is 1.66 bits per heavy atom. The molecule has 4 aromatic carbocycles. The number of aromatic nitrogens is 1. The number of nitrogens with one attached hydrogen (secondary N) is 4. The van der Waals surface area contributed by atoms with Gasteiger partial charge in [-0.05, 0) is 74.9 Å². The number of amides is 9. The van der Waals surface area contributed by atoms with E-state index in [0.717, 1.165) is 29.5 Å². The summed E-state index contributed by atoms with van der Waals surface area (Å²) < 4.78 is 0. The molecule has 3 aliphatic rings. The highest BCUT2D eigenvalue weighted by atomic mass is 16.2. The van der Waals surface area contributed by atoms with Gasteiger partial charge in [-0.25, -0.2) is 14.4 Å². The molecule has 0 spiro atoms. The van der Waals surface area contributed by atoms with E-state index in [1.165, 1.54) is 5.56 Å². The molecule has 1 aromatic heterocycles. The van der Waals surface area contributed by atoms with Gasteiger partial charge in [0.25, 0.3) is 0 Å². The van der Waals surface area contributed by atoms with Gasteiger partial charge < -0.3 is 45.8 Å². The Morgan fingerprint density at radius 2 is 1.12 bits per heavy atom. The minimum atomic E-state index is -0.669. The van der Waals surface area contributed by atoms with E-state index in [0.29, 0.717) is 71.0 Å². The summed E-state index contributed by atoms with van der Waals surface area (Å²) in [7, 11) is 0. The summed E-state index contributed by atoms with van der Waals surface area (Å²) in [4.78, 5) is 87.9. The quantitative estimate of drug-likeness (QED) is 0.0679. The highest BCUT2D eigenvalue weighted by Gasteiger charge is 2.39. The normalized spacial score (nSPS) is 16.4. The number of carbonyl (C=O) groups is 6. The molecule has 73 heavy (non-hydrogen) atoms. The average molecular weight is 993 g/mol. The number of likely N-dealkylation sites (N-methyl/N-ethyl adjacent to an activating group) is 1. The lowest BCUT2D eigenvalue weighted by atomic mass is 10.1. The maximum absolute atomic E-state index is 12.8. The molecule has 3 fully saturated rings. The van der Waals surface area contributed by atoms with Crippen molar-refractivity contribution in [3.8, 4) is 0 Å². The third kappa shape index (κ3) is 15.9. The smallest absolute Gasteiger partial charge is 0.321 e. The number of carbonyl (C=O) groups excluding carboxylic acids is 6. The van der Waals surface area contributed by atoms with Gasteiger partial charge in [0, 0.05) is 71.1 Å². The zero-order chi connectivity index (χ0) is 52.1. The first kappa shape index (κ1) is 54.6. The number of nitrogens with zero attached hydrogens (tertiary/aromatic N) is 6. The van der Waals surface area contributed by atoms with Crippen molar-refractivity contribution in [1.29, 1.82) is 0 Å². The first-order valence-corrected chi connectivity index (χ1v) is 25.5. The highest BCUT2D eigenvalue weighted by molar-refractivity contribution is 5.90. The molecule has 4 N–H and O–H groups in total. The Balaban J connectivity index is 0.000000180. The molecular weight excluding hydrogens is 921 g/mol. The zero-order valence-corrected chi connectivity index (χ0v) is 42.9. The van der Waals surface area contributed by atoms with Crippen molar-refractivity contribution < 1.29 is 28.8 Å². The molecular formula is C57H72N10O6. The van der Waals surface area contributed by atoms with Gasteiger partial charge in [-0.3, -0.25) is 19.4 Å². The van der Waals surface area contributed by atoms with Crippen LogP contribution in [-0.4, -0.2) is 129 Å². The standard InChI is InChI=1S/C22H27N3O2.C20H23N3O2.C15H22N4O2/c1-2-9-20(21(26)23-15-18-12-7-4-8-13-18)25-16-19(24-22(25)27)14-17-10-5-3-6-11-17;1-16(19(24)21-14-17-8-4-2-5-9-17)23-13-12-22(20(23)25)15-18-10-6-3-7-11-18;1-4-18-9-10-19(15(18)21)13(14(20)17-11(2)3)12-7-5-6-8-16-12/h3-8,10-13,19-20H,2,9,14-16H2,1H3,(H,23,26)(H,24,27);2-11,16H,12-15H2,1H3,(H,21,24);5-8,11,13H,4,9-10H2,1-3H3,(H,17,20). The molecule has 9 amide bonds. The van der Waals surface area contributed by atoms with Crippen LogP contribution in [0, 0.1) is 0 Å². The Labute approximate surface area is 430 Å². The Hall–Kier alpha value is -7.75. The predicted octanol–water partition coefficient (Wildman–Crippen LogP) is 7.14. The van der Waals surface area contributed by atoms with E-state index in [4.69, 9.17) is 0 Å². The van der Waals surface area contributed by atoms with Crippen LogP contribution in [0.3, 0.4) is 0 Å². The van der Waals surface area contributed by atoms with E-state index in [-0.39, 0.29) is 47.9 Å². The van der Waals surface area contributed by atoms with Crippen LogP contribution in [0.1, 0.15) is 81.4 Å². The van der Waals surface area contributed by atoms with Crippen molar-refractivity contribution in [1.82, 2.24) is 50.8 Å². The third-order valence-electron chi connectivity index (χ3n) is 12.8. The van der Waals surface area contributed by atoms with Gasteiger partial charge in [-0.1, -0.05) is 141 Å². The van der Waals surface area contributed by atoms with Gasteiger partial charge in [-0.2, -0.15) is 0 Å². The van der Waals surface area contributed by atoms with Crippen molar-refractivity contribution in [3.63, 3.8) is 0 Å². The first-order valence-electron chi connectivity index (χ1n) is 25.5. The summed E-state index contributed by atoms with van der Waals surface area (Å²) in [5.41, 5.74) is 4.97. The zero-order valence-electron chi connectivity index (χ0n) is 42.9.